The molecule has 1 heterocycles. The summed E-state index contributed by atoms with van der Waals surface area (Å²) < 4.78 is 0. The average molecular weight is 318 g/mol. The summed E-state index contributed by atoms with van der Waals surface area (Å²) in [6.45, 7) is 4.30. The molecule has 0 spiro atoms. The molecule has 0 aliphatic heterocycles. The van der Waals surface area contributed by atoms with Gasteiger partial charge in [0.25, 0.3) is 0 Å². The van der Waals surface area contributed by atoms with E-state index in [0.717, 1.165) is 29.2 Å². The number of hydrogen-bond donors (Lipinski definition) is 2. The fraction of sp³-hybridized carbons (Fsp3) is 0.200. The van der Waals surface area contributed by atoms with Crippen LogP contribution in [0.4, 0.5) is 17.5 Å². The first-order chi connectivity index (χ1) is 11.7. The first kappa shape index (κ1) is 16.0. The molecule has 0 saturated heterocycles. The molecule has 2 aromatic carbocycles. The number of aromatic nitrogens is 2. The van der Waals surface area contributed by atoms with Gasteiger partial charge in [0.2, 0.25) is 5.95 Å². The highest BCUT2D eigenvalue weighted by Gasteiger charge is 2.08. The Morgan fingerprint density at radius 2 is 1.58 bits per heavy atom. The standard InChI is InChI=1S/C20H22N4/c1-3-15(2)21-19-14-18(16-10-6-4-7-11-16)23-20(24-19)22-17-12-8-5-9-13-17/h4-15H,3H2,1-2H3,(H2,21,22,23,24). The number of nitrogens with one attached hydrogen (secondary N) is 2. The monoisotopic (exact) mass is 318 g/mol. The van der Waals surface area contributed by atoms with Gasteiger partial charge in [-0.3, -0.25) is 0 Å². The largest absolute Gasteiger partial charge is 0.367 e. The molecule has 0 saturated carbocycles. The number of hydrogen-bond acceptors (Lipinski definition) is 4. The minimum Gasteiger partial charge on any atom is -0.367 e. The van der Waals surface area contributed by atoms with Crippen molar-refractivity contribution in [2.45, 2.75) is 26.3 Å². The first-order valence-corrected chi connectivity index (χ1v) is 8.27. The second-order valence-corrected chi connectivity index (χ2v) is 5.77. The summed E-state index contributed by atoms with van der Waals surface area (Å²) >= 11 is 0. The molecule has 0 aliphatic carbocycles. The normalized spacial score (nSPS) is 11.8. The van der Waals surface area contributed by atoms with E-state index in [1.165, 1.54) is 0 Å². The maximum atomic E-state index is 4.67. The topological polar surface area (TPSA) is 49.8 Å². The van der Waals surface area contributed by atoms with Crippen LogP contribution in [0, 0.1) is 0 Å². The van der Waals surface area contributed by atoms with Crippen molar-refractivity contribution in [1.29, 1.82) is 0 Å². The third kappa shape index (κ3) is 4.10. The third-order valence-electron chi connectivity index (χ3n) is 3.83. The Morgan fingerprint density at radius 3 is 2.25 bits per heavy atom. The van der Waals surface area contributed by atoms with Crippen LogP contribution in [0.15, 0.2) is 66.7 Å². The number of nitrogens with zero attached hydrogens (tertiary/aromatic N) is 2. The van der Waals surface area contributed by atoms with Crippen molar-refractivity contribution < 1.29 is 0 Å². The molecule has 3 rings (SSSR count). The summed E-state index contributed by atoms with van der Waals surface area (Å²) in [6, 6.07) is 22.5. The number of anilines is 3. The maximum Gasteiger partial charge on any atom is 0.229 e. The Kier molecular flexibility index (Phi) is 5.06. The summed E-state index contributed by atoms with van der Waals surface area (Å²) in [5.74, 6) is 1.42. The molecule has 1 atom stereocenters. The van der Waals surface area contributed by atoms with Gasteiger partial charge in [0.05, 0.1) is 5.69 Å². The van der Waals surface area contributed by atoms with Gasteiger partial charge in [0.1, 0.15) is 5.82 Å². The Labute approximate surface area is 143 Å². The lowest BCUT2D eigenvalue weighted by atomic mass is 10.1. The van der Waals surface area contributed by atoms with E-state index in [1.54, 1.807) is 0 Å². The SMILES string of the molecule is CCC(C)Nc1cc(-c2ccccc2)nc(Nc2ccccc2)n1. The van der Waals surface area contributed by atoms with E-state index >= 15 is 0 Å². The van der Waals surface area contributed by atoms with Crippen molar-refractivity contribution >= 4 is 17.5 Å². The van der Waals surface area contributed by atoms with Gasteiger partial charge < -0.3 is 10.6 Å². The molecule has 0 radical (unpaired) electrons. The van der Waals surface area contributed by atoms with Crippen molar-refractivity contribution in [2.75, 3.05) is 10.6 Å². The molecule has 0 aliphatic rings. The van der Waals surface area contributed by atoms with E-state index in [0.29, 0.717) is 12.0 Å². The third-order valence-corrected chi connectivity index (χ3v) is 3.83. The van der Waals surface area contributed by atoms with Gasteiger partial charge in [-0.15, -0.1) is 0 Å². The van der Waals surface area contributed by atoms with E-state index in [1.807, 2.05) is 54.6 Å². The highest BCUT2D eigenvalue weighted by atomic mass is 15.1. The van der Waals surface area contributed by atoms with Gasteiger partial charge in [0, 0.05) is 23.4 Å². The molecule has 4 heteroatoms. The number of benzene rings is 2. The smallest absolute Gasteiger partial charge is 0.229 e. The van der Waals surface area contributed by atoms with Crippen molar-refractivity contribution in [3.05, 3.63) is 66.7 Å². The molecular weight excluding hydrogens is 296 g/mol. The van der Waals surface area contributed by atoms with Gasteiger partial charge in [-0.25, -0.2) is 4.98 Å². The molecular formula is C20H22N4. The van der Waals surface area contributed by atoms with Crippen LogP contribution in [0.3, 0.4) is 0 Å². The van der Waals surface area contributed by atoms with Gasteiger partial charge >= 0.3 is 0 Å². The zero-order chi connectivity index (χ0) is 16.8. The molecule has 0 bridgehead atoms. The summed E-state index contributed by atoms with van der Waals surface area (Å²) in [5, 5.41) is 6.72. The lowest BCUT2D eigenvalue weighted by Gasteiger charge is -2.15. The summed E-state index contributed by atoms with van der Waals surface area (Å²) in [4.78, 5) is 9.28. The lowest BCUT2D eigenvalue weighted by molar-refractivity contribution is 0.759. The minimum absolute atomic E-state index is 0.355. The Hall–Kier alpha value is -2.88. The Bertz CT molecular complexity index is 772. The number of rotatable bonds is 6. The van der Waals surface area contributed by atoms with Crippen LogP contribution < -0.4 is 10.6 Å². The Balaban J connectivity index is 1.96. The predicted molar refractivity (Wildman–Crippen MR) is 101 cm³/mol. The first-order valence-electron chi connectivity index (χ1n) is 8.27. The molecule has 3 aromatic rings. The highest BCUT2D eigenvalue weighted by Crippen LogP contribution is 2.23. The van der Waals surface area contributed by atoms with Gasteiger partial charge in [-0.2, -0.15) is 4.98 Å². The van der Waals surface area contributed by atoms with E-state index in [-0.39, 0.29) is 0 Å². The van der Waals surface area contributed by atoms with Crippen molar-refractivity contribution in [1.82, 2.24) is 9.97 Å². The van der Waals surface area contributed by atoms with Crippen LogP contribution in [0.1, 0.15) is 20.3 Å². The molecule has 0 fully saturated rings. The van der Waals surface area contributed by atoms with Gasteiger partial charge in [-0.05, 0) is 25.5 Å². The second kappa shape index (κ2) is 7.59. The fourth-order valence-electron chi connectivity index (χ4n) is 2.34. The zero-order valence-electron chi connectivity index (χ0n) is 14.0. The van der Waals surface area contributed by atoms with Gasteiger partial charge in [-0.1, -0.05) is 55.5 Å². The molecule has 122 valence electrons. The van der Waals surface area contributed by atoms with E-state index in [9.17, 15) is 0 Å². The molecule has 24 heavy (non-hydrogen) atoms. The van der Waals surface area contributed by atoms with Crippen LogP contribution in [0.5, 0.6) is 0 Å². The van der Waals surface area contributed by atoms with Crippen LogP contribution in [0.2, 0.25) is 0 Å². The molecule has 1 unspecified atom stereocenters. The van der Waals surface area contributed by atoms with Crippen molar-refractivity contribution in [3.63, 3.8) is 0 Å². The van der Waals surface area contributed by atoms with Crippen molar-refractivity contribution in [3.8, 4) is 11.3 Å². The Morgan fingerprint density at radius 1 is 0.917 bits per heavy atom. The van der Waals surface area contributed by atoms with E-state index in [2.05, 4.69) is 46.6 Å². The van der Waals surface area contributed by atoms with E-state index in [4.69, 9.17) is 0 Å². The molecule has 2 N–H and O–H groups in total. The maximum absolute atomic E-state index is 4.67. The molecule has 1 aromatic heterocycles. The van der Waals surface area contributed by atoms with Crippen LogP contribution in [-0.2, 0) is 0 Å². The van der Waals surface area contributed by atoms with E-state index < -0.39 is 0 Å². The van der Waals surface area contributed by atoms with Crippen molar-refractivity contribution in [2.24, 2.45) is 0 Å². The van der Waals surface area contributed by atoms with Crippen LogP contribution >= 0.6 is 0 Å². The lowest BCUT2D eigenvalue weighted by Crippen LogP contribution is -2.15. The number of para-hydroxylation sites is 1. The zero-order valence-corrected chi connectivity index (χ0v) is 14.0. The second-order valence-electron chi connectivity index (χ2n) is 5.77. The summed E-state index contributed by atoms with van der Waals surface area (Å²) in [6.07, 6.45) is 1.03. The summed E-state index contributed by atoms with van der Waals surface area (Å²) in [5.41, 5.74) is 2.94. The van der Waals surface area contributed by atoms with Crippen LogP contribution in [-0.4, -0.2) is 16.0 Å². The van der Waals surface area contributed by atoms with Crippen LogP contribution in [0.25, 0.3) is 11.3 Å². The molecule has 4 nitrogen and oxygen atoms in total. The van der Waals surface area contributed by atoms with Gasteiger partial charge in [0.15, 0.2) is 0 Å². The quantitative estimate of drug-likeness (QED) is 0.664. The minimum atomic E-state index is 0.355. The summed E-state index contributed by atoms with van der Waals surface area (Å²) in [7, 11) is 0. The highest BCUT2D eigenvalue weighted by molar-refractivity contribution is 5.66. The predicted octanol–water partition coefficient (Wildman–Crippen LogP) is 5.10. The average Bonchev–Trinajstić information content (AvgIpc) is 2.63. The molecule has 0 amide bonds. The fourth-order valence-corrected chi connectivity index (χ4v) is 2.34.